The molecule has 0 aliphatic heterocycles. The van der Waals surface area contributed by atoms with Crippen molar-refractivity contribution in [3.05, 3.63) is 54.1 Å². The van der Waals surface area contributed by atoms with Gasteiger partial charge in [0.15, 0.2) is 0 Å². The maximum Gasteiger partial charge on any atom is 0.255 e. The Morgan fingerprint density at radius 2 is 1.77 bits per heavy atom. The standard InChI is InChI=1S/C18H22N2O2/c1-13(2)12-19-15-7-9-16(10-8-15)20-18(21)14-5-4-6-17(11-14)22-3/h4-11,13,19H,12H2,1-3H3,(H,20,21). The molecule has 1 amide bonds. The molecule has 2 aromatic carbocycles. The highest BCUT2D eigenvalue weighted by molar-refractivity contribution is 6.04. The van der Waals surface area contributed by atoms with E-state index in [9.17, 15) is 4.79 Å². The fourth-order valence-electron chi connectivity index (χ4n) is 1.96. The molecule has 0 radical (unpaired) electrons. The van der Waals surface area contributed by atoms with Crippen molar-refractivity contribution in [3.63, 3.8) is 0 Å². The molecule has 116 valence electrons. The van der Waals surface area contributed by atoms with Crippen LogP contribution in [0.1, 0.15) is 24.2 Å². The van der Waals surface area contributed by atoms with Gasteiger partial charge in [-0.1, -0.05) is 19.9 Å². The molecule has 2 N–H and O–H groups in total. The van der Waals surface area contributed by atoms with E-state index in [1.54, 1.807) is 25.3 Å². The third-order valence-corrected chi connectivity index (χ3v) is 3.19. The van der Waals surface area contributed by atoms with Crippen LogP contribution in [0, 0.1) is 5.92 Å². The Bertz CT molecular complexity index is 621. The van der Waals surface area contributed by atoms with Crippen molar-refractivity contribution in [3.8, 4) is 5.75 Å². The number of ether oxygens (including phenoxy) is 1. The number of hydrogen-bond acceptors (Lipinski definition) is 3. The molecular weight excluding hydrogens is 276 g/mol. The monoisotopic (exact) mass is 298 g/mol. The summed E-state index contributed by atoms with van der Waals surface area (Å²) in [6.07, 6.45) is 0. The normalized spacial score (nSPS) is 10.4. The first-order valence-electron chi connectivity index (χ1n) is 7.38. The van der Waals surface area contributed by atoms with E-state index < -0.39 is 0 Å². The fraction of sp³-hybridized carbons (Fsp3) is 0.278. The van der Waals surface area contributed by atoms with Gasteiger partial charge in [0.1, 0.15) is 5.75 Å². The van der Waals surface area contributed by atoms with Crippen LogP contribution >= 0.6 is 0 Å². The predicted molar refractivity (Wildman–Crippen MR) is 90.7 cm³/mol. The molecule has 2 rings (SSSR count). The molecule has 4 heteroatoms. The topological polar surface area (TPSA) is 50.4 Å². The number of anilines is 2. The van der Waals surface area contributed by atoms with Gasteiger partial charge in [-0.25, -0.2) is 0 Å². The molecule has 0 aliphatic rings. The Morgan fingerprint density at radius 3 is 2.41 bits per heavy atom. The minimum Gasteiger partial charge on any atom is -0.497 e. The SMILES string of the molecule is COc1cccc(C(=O)Nc2ccc(NCC(C)C)cc2)c1. The minimum absolute atomic E-state index is 0.151. The van der Waals surface area contributed by atoms with E-state index >= 15 is 0 Å². The molecule has 4 nitrogen and oxygen atoms in total. The maximum atomic E-state index is 12.2. The smallest absolute Gasteiger partial charge is 0.255 e. The second-order valence-corrected chi connectivity index (χ2v) is 5.54. The molecule has 22 heavy (non-hydrogen) atoms. The van der Waals surface area contributed by atoms with E-state index in [1.807, 2.05) is 30.3 Å². The highest BCUT2D eigenvalue weighted by Gasteiger charge is 2.07. The van der Waals surface area contributed by atoms with Crippen LogP contribution in [-0.4, -0.2) is 19.6 Å². The molecular formula is C18H22N2O2. The third kappa shape index (κ3) is 4.52. The Kier molecular flexibility index (Phi) is 5.42. The largest absolute Gasteiger partial charge is 0.497 e. The van der Waals surface area contributed by atoms with E-state index in [1.165, 1.54) is 0 Å². The highest BCUT2D eigenvalue weighted by Crippen LogP contribution is 2.17. The van der Waals surface area contributed by atoms with Crippen molar-refractivity contribution in [2.24, 2.45) is 5.92 Å². The molecule has 0 heterocycles. The van der Waals surface area contributed by atoms with E-state index in [-0.39, 0.29) is 5.91 Å². The van der Waals surface area contributed by atoms with Crippen LogP contribution in [0.2, 0.25) is 0 Å². The van der Waals surface area contributed by atoms with Gasteiger partial charge in [-0.2, -0.15) is 0 Å². The predicted octanol–water partition coefficient (Wildman–Crippen LogP) is 4.02. The van der Waals surface area contributed by atoms with Crippen LogP contribution in [0.25, 0.3) is 0 Å². The quantitative estimate of drug-likeness (QED) is 0.847. The summed E-state index contributed by atoms with van der Waals surface area (Å²) in [6.45, 7) is 5.25. The summed E-state index contributed by atoms with van der Waals surface area (Å²) in [5, 5.41) is 6.22. The molecule has 2 aromatic rings. The van der Waals surface area contributed by atoms with Crippen LogP contribution in [0.3, 0.4) is 0 Å². The van der Waals surface area contributed by atoms with Crippen molar-refractivity contribution in [2.45, 2.75) is 13.8 Å². The van der Waals surface area contributed by atoms with Crippen molar-refractivity contribution in [2.75, 3.05) is 24.3 Å². The Balaban J connectivity index is 1.99. The van der Waals surface area contributed by atoms with Gasteiger partial charge in [-0.3, -0.25) is 4.79 Å². The van der Waals surface area contributed by atoms with Crippen LogP contribution < -0.4 is 15.4 Å². The molecule has 0 saturated carbocycles. The first-order valence-corrected chi connectivity index (χ1v) is 7.38. The van der Waals surface area contributed by atoms with Gasteiger partial charge in [-0.05, 0) is 48.4 Å². The summed E-state index contributed by atoms with van der Waals surface area (Å²) >= 11 is 0. The van der Waals surface area contributed by atoms with Crippen LogP contribution in [0.4, 0.5) is 11.4 Å². The number of nitrogens with one attached hydrogen (secondary N) is 2. The summed E-state index contributed by atoms with van der Waals surface area (Å²) in [4.78, 5) is 12.2. The van der Waals surface area contributed by atoms with Crippen LogP contribution in [0.15, 0.2) is 48.5 Å². The summed E-state index contributed by atoms with van der Waals surface area (Å²) in [5.74, 6) is 1.11. The summed E-state index contributed by atoms with van der Waals surface area (Å²) < 4.78 is 5.13. The Labute approximate surface area is 131 Å². The average Bonchev–Trinajstić information content (AvgIpc) is 2.54. The molecule has 0 bridgehead atoms. The van der Waals surface area contributed by atoms with E-state index in [4.69, 9.17) is 4.74 Å². The Hall–Kier alpha value is -2.49. The number of carbonyl (C=O) groups excluding carboxylic acids is 1. The molecule has 0 unspecified atom stereocenters. The van der Waals surface area contributed by atoms with Gasteiger partial charge in [0, 0.05) is 23.5 Å². The van der Waals surface area contributed by atoms with Gasteiger partial charge in [0.2, 0.25) is 0 Å². The van der Waals surface area contributed by atoms with Crippen molar-refractivity contribution < 1.29 is 9.53 Å². The van der Waals surface area contributed by atoms with Gasteiger partial charge in [0.05, 0.1) is 7.11 Å². The molecule has 0 atom stereocenters. The van der Waals surface area contributed by atoms with Crippen LogP contribution in [-0.2, 0) is 0 Å². The zero-order chi connectivity index (χ0) is 15.9. The second kappa shape index (κ2) is 7.50. The van der Waals surface area contributed by atoms with Gasteiger partial charge >= 0.3 is 0 Å². The number of rotatable bonds is 6. The molecule has 0 aromatic heterocycles. The lowest BCUT2D eigenvalue weighted by molar-refractivity contribution is 0.102. The lowest BCUT2D eigenvalue weighted by Gasteiger charge is -2.10. The summed E-state index contributed by atoms with van der Waals surface area (Å²) in [6, 6.07) is 14.8. The minimum atomic E-state index is -0.151. The van der Waals surface area contributed by atoms with E-state index in [2.05, 4.69) is 24.5 Å². The van der Waals surface area contributed by atoms with E-state index in [0.29, 0.717) is 17.2 Å². The molecule has 0 saturated heterocycles. The fourth-order valence-corrected chi connectivity index (χ4v) is 1.96. The molecule has 0 aliphatic carbocycles. The van der Waals surface area contributed by atoms with Gasteiger partial charge < -0.3 is 15.4 Å². The number of benzene rings is 2. The zero-order valence-electron chi connectivity index (χ0n) is 13.2. The van der Waals surface area contributed by atoms with Crippen molar-refractivity contribution in [1.29, 1.82) is 0 Å². The number of hydrogen-bond donors (Lipinski definition) is 2. The second-order valence-electron chi connectivity index (χ2n) is 5.54. The molecule has 0 spiro atoms. The number of methoxy groups -OCH3 is 1. The lowest BCUT2D eigenvalue weighted by Crippen LogP contribution is -2.12. The lowest BCUT2D eigenvalue weighted by atomic mass is 10.2. The van der Waals surface area contributed by atoms with Crippen molar-refractivity contribution in [1.82, 2.24) is 0 Å². The summed E-state index contributed by atoms with van der Waals surface area (Å²) in [5.41, 5.74) is 2.39. The maximum absolute atomic E-state index is 12.2. The first-order chi connectivity index (χ1) is 10.6. The van der Waals surface area contributed by atoms with Crippen LogP contribution in [0.5, 0.6) is 5.75 Å². The average molecular weight is 298 g/mol. The van der Waals surface area contributed by atoms with Gasteiger partial charge in [0.25, 0.3) is 5.91 Å². The zero-order valence-corrected chi connectivity index (χ0v) is 13.2. The van der Waals surface area contributed by atoms with E-state index in [0.717, 1.165) is 17.9 Å². The summed E-state index contributed by atoms with van der Waals surface area (Å²) in [7, 11) is 1.58. The van der Waals surface area contributed by atoms with Crippen molar-refractivity contribution >= 4 is 17.3 Å². The first kappa shape index (κ1) is 15.9. The highest BCUT2D eigenvalue weighted by atomic mass is 16.5. The molecule has 0 fully saturated rings. The van der Waals surface area contributed by atoms with Gasteiger partial charge in [-0.15, -0.1) is 0 Å². The third-order valence-electron chi connectivity index (χ3n) is 3.19. The Morgan fingerprint density at radius 1 is 1.09 bits per heavy atom. The number of carbonyl (C=O) groups is 1. The number of amides is 1.